The van der Waals surface area contributed by atoms with Crippen molar-refractivity contribution in [1.29, 1.82) is 0 Å². The molecule has 4 heterocycles. The highest BCUT2D eigenvalue weighted by Crippen LogP contribution is 2.38. The number of nitrogens with zero attached hydrogens (tertiary/aromatic N) is 3. The number of carbonyl (C=O) groups is 3. The number of piperidine rings is 1. The lowest BCUT2D eigenvalue weighted by atomic mass is 9.96. The molecule has 0 spiro atoms. The number of fused-ring (bicyclic) bond motifs is 2. The lowest BCUT2D eigenvalue weighted by Crippen LogP contribution is -2.50. The van der Waals surface area contributed by atoms with Gasteiger partial charge in [-0.1, -0.05) is 6.07 Å². The maximum Gasteiger partial charge on any atom is 0.252 e. The molecule has 2 N–H and O–H groups in total. The summed E-state index contributed by atoms with van der Waals surface area (Å²) in [5, 5.41) is 6.19. The van der Waals surface area contributed by atoms with Crippen LogP contribution in [0.4, 0.5) is 5.82 Å². The molecule has 9 heteroatoms. The van der Waals surface area contributed by atoms with E-state index < -0.39 is 0 Å². The van der Waals surface area contributed by atoms with Crippen molar-refractivity contribution in [1.82, 2.24) is 20.5 Å². The number of rotatable bonds is 9. The van der Waals surface area contributed by atoms with Crippen LogP contribution in [0.15, 0.2) is 36.5 Å². The third-order valence-corrected chi connectivity index (χ3v) is 8.15. The van der Waals surface area contributed by atoms with Crippen LogP contribution in [0.5, 0.6) is 5.75 Å². The van der Waals surface area contributed by atoms with E-state index in [4.69, 9.17) is 4.74 Å². The van der Waals surface area contributed by atoms with Gasteiger partial charge in [-0.25, -0.2) is 4.98 Å². The fourth-order valence-electron chi connectivity index (χ4n) is 6.20. The number of benzene rings is 1. The molecule has 3 aliphatic rings. The van der Waals surface area contributed by atoms with Crippen LogP contribution in [-0.2, 0) is 4.79 Å². The number of anilines is 1. The van der Waals surface area contributed by atoms with Crippen LogP contribution in [0.25, 0.3) is 0 Å². The molecule has 0 aliphatic carbocycles. The molecule has 3 fully saturated rings. The van der Waals surface area contributed by atoms with Gasteiger partial charge >= 0.3 is 0 Å². The smallest absolute Gasteiger partial charge is 0.252 e. The zero-order valence-electron chi connectivity index (χ0n) is 22.2. The Kier molecular flexibility index (Phi) is 7.81. The predicted molar refractivity (Wildman–Crippen MR) is 145 cm³/mol. The first-order valence-electron chi connectivity index (χ1n) is 13.7. The largest absolute Gasteiger partial charge is 0.496 e. The topological polar surface area (TPSA) is 104 Å². The van der Waals surface area contributed by atoms with E-state index in [1.54, 1.807) is 13.3 Å². The highest BCUT2D eigenvalue weighted by Gasteiger charge is 2.42. The zero-order chi connectivity index (χ0) is 26.6. The van der Waals surface area contributed by atoms with E-state index >= 15 is 0 Å². The first kappa shape index (κ1) is 26.0. The third-order valence-electron chi connectivity index (χ3n) is 8.15. The molecular weight excluding hydrogens is 482 g/mol. The first-order valence-corrected chi connectivity index (χ1v) is 13.7. The minimum atomic E-state index is -0.144. The average molecular weight is 520 g/mol. The van der Waals surface area contributed by atoms with Crippen molar-refractivity contribution >= 4 is 23.5 Å². The van der Waals surface area contributed by atoms with Gasteiger partial charge in [-0.2, -0.15) is 0 Å². The lowest BCUT2D eigenvalue weighted by molar-refractivity contribution is -0.127. The molecule has 5 rings (SSSR count). The summed E-state index contributed by atoms with van der Waals surface area (Å²) in [6, 6.07) is 10.1. The number of nitrogens with one attached hydrogen (secondary N) is 2. The Morgan fingerprint density at radius 1 is 1.11 bits per heavy atom. The Morgan fingerprint density at radius 2 is 1.89 bits per heavy atom. The van der Waals surface area contributed by atoms with Gasteiger partial charge in [0.25, 0.3) is 11.8 Å². The second kappa shape index (κ2) is 11.4. The average Bonchev–Trinajstić information content (AvgIpc) is 3.45. The van der Waals surface area contributed by atoms with Crippen LogP contribution in [0.3, 0.4) is 0 Å². The lowest BCUT2D eigenvalue weighted by Gasteiger charge is -2.40. The van der Waals surface area contributed by atoms with Gasteiger partial charge in [0.2, 0.25) is 5.91 Å². The summed E-state index contributed by atoms with van der Waals surface area (Å²) in [6.07, 6.45) is 7.84. The van der Waals surface area contributed by atoms with Crippen molar-refractivity contribution in [2.75, 3.05) is 31.6 Å². The zero-order valence-corrected chi connectivity index (χ0v) is 22.2. The van der Waals surface area contributed by atoms with Crippen LogP contribution in [0.2, 0.25) is 0 Å². The molecule has 38 heavy (non-hydrogen) atoms. The Hall–Kier alpha value is -3.62. The van der Waals surface area contributed by atoms with E-state index in [1.807, 2.05) is 42.2 Å². The second-order valence-corrected chi connectivity index (χ2v) is 10.6. The number of methoxy groups -OCH3 is 1. The second-order valence-electron chi connectivity index (χ2n) is 10.6. The fraction of sp³-hybridized carbons (Fsp3) is 0.517. The maximum absolute atomic E-state index is 13.0. The number of ether oxygens (including phenoxy) is 1. The monoisotopic (exact) mass is 519 g/mol. The molecule has 2 unspecified atom stereocenters. The molecule has 2 atom stereocenters. The Labute approximate surface area is 223 Å². The van der Waals surface area contributed by atoms with Crippen LogP contribution >= 0.6 is 0 Å². The predicted octanol–water partition coefficient (Wildman–Crippen LogP) is 3.07. The van der Waals surface area contributed by atoms with Gasteiger partial charge in [0.15, 0.2) is 0 Å². The minimum absolute atomic E-state index is 0.0558. The van der Waals surface area contributed by atoms with Crippen molar-refractivity contribution in [3.05, 3.63) is 53.2 Å². The molecule has 3 saturated heterocycles. The maximum atomic E-state index is 13.0. The molecule has 2 aromatic rings. The molecule has 0 radical (unpaired) electrons. The summed E-state index contributed by atoms with van der Waals surface area (Å²) in [5.74, 6) is 1.61. The normalized spacial score (nSPS) is 22.5. The number of hydrogen-bond acceptors (Lipinski definition) is 6. The summed E-state index contributed by atoms with van der Waals surface area (Å²) in [7, 11) is 1.62. The standard InChI is InChI=1S/C29H37N5O4/c1-19-24(6-3-7-25(19)38-2)29(37)32-21-16-22-10-11-23(17-21)34(22)26-12-9-20(18-31-26)28(36)30-13-5-15-33-14-4-8-27(33)35/h3,6-7,9,12,18,21-23H,4-5,8,10-11,13-17H2,1-2H3,(H,30,36)(H,32,37). The number of aromatic nitrogens is 1. The minimum Gasteiger partial charge on any atom is -0.496 e. The first-order chi connectivity index (χ1) is 18.4. The van der Waals surface area contributed by atoms with E-state index in [-0.39, 0.29) is 23.8 Å². The van der Waals surface area contributed by atoms with Crippen LogP contribution < -0.4 is 20.3 Å². The van der Waals surface area contributed by atoms with E-state index in [9.17, 15) is 14.4 Å². The molecular formula is C29H37N5O4. The quantitative estimate of drug-likeness (QED) is 0.494. The van der Waals surface area contributed by atoms with Crippen LogP contribution in [-0.4, -0.2) is 72.5 Å². The number of amides is 3. The number of carbonyl (C=O) groups excluding carboxylic acids is 3. The van der Waals surface area contributed by atoms with Gasteiger partial charge in [0.1, 0.15) is 11.6 Å². The molecule has 1 aromatic carbocycles. The van der Waals surface area contributed by atoms with Crippen LogP contribution in [0, 0.1) is 6.92 Å². The highest BCUT2D eigenvalue weighted by atomic mass is 16.5. The highest BCUT2D eigenvalue weighted by molar-refractivity contribution is 5.96. The van der Waals surface area contributed by atoms with Crippen molar-refractivity contribution < 1.29 is 19.1 Å². The Balaban J connectivity index is 1.13. The Morgan fingerprint density at radius 3 is 2.55 bits per heavy atom. The molecule has 202 valence electrons. The molecule has 3 amide bonds. The third kappa shape index (κ3) is 5.47. The summed E-state index contributed by atoms with van der Waals surface area (Å²) in [5.41, 5.74) is 2.04. The van der Waals surface area contributed by atoms with Crippen LogP contribution in [0.1, 0.15) is 71.2 Å². The molecule has 2 bridgehead atoms. The number of hydrogen-bond donors (Lipinski definition) is 2. The molecule has 1 aromatic heterocycles. The van der Waals surface area contributed by atoms with E-state index in [0.717, 1.165) is 56.5 Å². The van der Waals surface area contributed by atoms with E-state index in [0.29, 0.717) is 48.5 Å². The summed E-state index contributed by atoms with van der Waals surface area (Å²) >= 11 is 0. The van der Waals surface area contributed by atoms with Crippen molar-refractivity contribution in [2.45, 2.75) is 70.0 Å². The molecule has 9 nitrogen and oxygen atoms in total. The van der Waals surface area contributed by atoms with Gasteiger partial charge in [-0.3, -0.25) is 14.4 Å². The van der Waals surface area contributed by atoms with Crippen molar-refractivity contribution in [2.24, 2.45) is 0 Å². The number of pyridine rings is 1. The van der Waals surface area contributed by atoms with Gasteiger partial charge in [-0.05, 0) is 69.7 Å². The van der Waals surface area contributed by atoms with E-state index in [1.165, 1.54) is 0 Å². The summed E-state index contributed by atoms with van der Waals surface area (Å²) in [4.78, 5) is 46.2. The molecule has 0 saturated carbocycles. The van der Waals surface area contributed by atoms with Gasteiger partial charge < -0.3 is 25.2 Å². The van der Waals surface area contributed by atoms with Gasteiger partial charge in [0, 0.05) is 61.5 Å². The fourth-order valence-corrected chi connectivity index (χ4v) is 6.20. The van der Waals surface area contributed by atoms with Crippen molar-refractivity contribution in [3.63, 3.8) is 0 Å². The van der Waals surface area contributed by atoms with Crippen molar-refractivity contribution in [3.8, 4) is 5.75 Å². The summed E-state index contributed by atoms with van der Waals surface area (Å²) < 4.78 is 5.37. The Bertz CT molecular complexity index is 1170. The van der Waals surface area contributed by atoms with E-state index in [2.05, 4.69) is 20.5 Å². The van der Waals surface area contributed by atoms with Gasteiger partial charge in [-0.15, -0.1) is 0 Å². The summed E-state index contributed by atoms with van der Waals surface area (Å²) in [6.45, 7) is 3.95. The van der Waals surface area contributed by atoms with Gasteiger partial charge in [0.05, 0.1) is 12.7 Å². The SMILES string of the molecule is COc1cccc(C(=O)NC2CC3CCC(C2)N3c2ccc(C(=O)NCCCN3CCCC3=O)cn2)c1C. The number of likely N-dealkylation sites (tertiary alicyclic amines) is 1. The molecule has 3 aliphatic heterocycles.